The van der Waals surface area contributed by atoms with Gasteiger partial charge in [-0.05, 0) is 49.6 Å². The highest BCUT2D eigenvalue weighted by Crippen LogP contribution is 2.31. The summed E-state index contributed by atoms with van der Waals surface area (Å²) < 4.78 is 41.3. The van der Waals surface area contributed by atoms with Gasteiger partial charge >= 0.3 is 0 Å². The topological polar surface area (TPSA) is 129 Å². The number of carbonyl (C=O) groups excluding carboxylic acids is 1. The number of nitrogens with one attached hydrogen (secondary N) is 1. The van der Waals surface area contributed by atoms with E-state index in [9.17, 15) is 13.2 Å². The van der Waals surface area contributed by atoms with Crippen molar-refractivity contribution in [2.24, 2.45) is 7.05 Å². The molecular formula is C28H30N6O5S. The molecule has 11 nitrogen and oxygen atoms in total. The molecule has 208 valence electrons. The van der Waals surface area contributed by atoms with Gasteiger partial charge in [0.15, 0.2) is 0 Å². The predicted octanol–water partition coefficient (Wildman–Crippen LogP) is 3.52. The second kappa shape index (κ2) is 10.6. The fourth-order valence-electron chi connectivity index (χ4n) is 4.59. The first kappa shape index (κ1) is 27.1. The number of carbonyl (C=O) groups is 1. The fraction of sp³-hybridized carbons (Fsp3) is 0.286. The van der Waals surface area contributed by atoms with E-state index in [1.54, 1.807) is 24.1 Å². The lowest BCUT2D eigenvalue weighted by Crippen LogP contribution is -2.56. The SMILES string of the molecule is COc1cc(C)ccc1C(=O)N1CC(Oc2cc(-c3c(C)cccc3C)nc(NS(=O)(=O)c3cnn(C)c3)n2)C1. The monoisotopic (exact) mass is 562 g/mol. The predicted molar refractivity (Wildman–Crippen MR) is 149 cm³/mol. The number of hydrogen-bond donors (Lipinski definition) is 1. The molecule has 1 N–H and O–H groups in total. The third-order valence-electron chi connectivity index (χ3n) is 6.67. The van der Waals surface area contributed by atoms with Crippen molar-refractivity contribution in [3.05, 3.63) is 77.1 Å². The number of methoxy groups -OCH3 is 1. The van der Waals surface area contributed by atoms with Crippen molar-refractivity contribution in [1.82, 2.24) is 24.6 Å². The second-order valence-corrected chi connectivity index (χ2v) is 11.5. The molecule has 0 atom stereocenters. The molecule has 0 radical (unpaired) electrons. The van der Waals surface area contributed by atoms with Crippen molar-refractivity contribution < 1.29 is 22.7 Å². The van der Waals surface area contributed by atoms with Gasteiger partial charge in [0.1, 0.15) is 16.7 Å². The van der Waals surface area contributed by atoms with Crippen LogP contribution in [0.1, 0.15) is 27.0 Å². The van der Waals surface area contributed by atoms with Gasteiger partial charge in [0.2, 0.25) is 11.8 Å². The first-order valence-electron chi connectivity index (χ1n) is 12.6. The maximum absolute atomic E-state index is 13.1. The number of aromatic nitrogens is 4. The van der Waals surface area contributed by atoms with Crippen LogP contribution in [-0.2, 0) is 17.1 Å². The molecule has 0 unspecified atom stereocenters. The van der Waals surface area contributed by atoms with Crippen LogP contribution in [0.5, 0.6) is 11.6 Å². The molecule has 3 heterocycles. The van der Waals surface area contributed by atoms with Crippen LogP contribution in [0.15, 0.2) is 59.8 Å². The molecule has 40 heavy (non-hydrogen) atoms. The highest BCUT2D eigenvalue weighted by Gasteiger charge is 2.34. The Labute approximate surface area is 232 Å². The Morgan fingerprint density at radius 3 is 2.42 bits per heavy atom. The van der Waals surface area contributed by atoms with Gasteiger partial charge in [-0.1, -0.05) is 24.3 Å². The molecule has 12 heteroatoms. The quantitative estimate of drug-likeness (QED) is 0.346. The minimum absolute atomic E-state index is 0.0155. The van der Waals surface area contributed by atoms with Crippen molar-refractivity contribution in [2.75, 3.05) is 24.9 Å². The highest BCUT2D eigenvalue weighted by molar-refractivity contribution is 7.92. The number of rotatable bonds is 8. The molecule has 1 amide bonds. The fourth-order valence-corrected chi connectivity index (χ4v) is 5.52. The first-order chi connectivity index (χ1) is 19.0. The summed E-state index contributed by atoms with van der Waals surface area (Å²) >= 11 is 0. The number of aryl methyl sites for hydroxylation is 4. The normalized spacial score (nSPS) is 13.6. The van der Waals surface area contributed by atoms with Crippen LogP contribution in [0.3, 0.4) is 0 Å². The molecule has 0 saturated carbocycles. The number of benzene rings is 2. The minimum Gasteiger partial charge on any atom is -0.496 e. The van der Waals surface area contributed by atoms with E-state index in [0.29, 0.717) is 30.1 Å². The van der Waals surface area contributed by atoms with Crippen LogP contribution >= 0.6 is 0 Å². The Bertz CT molecular complexity index is 1680. The smallest absolute Gasteiger partial charge is 0.267 e. The largest absolute Gasteiger partial charge is 0.496 e. The van der Waals surface area contributed by atoms with E-state index in [4.69, 9.17) is 9.47 Å². The molecule has 0 aliphatic carbocycles. The molecule has 5 rings (SSSR count). The summed E-state index contributed by atoms with van der Waals surface area (Å²) in [6, 6.07) is 13.0. The van der Waals surface area contributed by atoms with E-state index in [-0.39, 0.29) is 28.7 Å². The van der Waals surface area contributed by atoms with Gasteiger partial charge in [-0.2, -0.15) is 10.1 Å². The van der Waals surface area contributed by atoms with Crippen LogP contribution in [-0.4, -0.2) is 65.3 Å². The summed E-state index contributed by atoms with van der Waals surface area (Å²) in [5, 5.41) is 3.94. The average Bonchev–Trinajstić information content (AvgIpc) is 3.32. The summed E-state index contributed by atoms with van der Waals surface area (Å²) in [6.07, 6.45) is 2.31. The molecule has 0 spiro atoms. The van der Waals surface area contributed by atoms with Gasteiger partial charge in [0.25, 0.3) is 15.9 Å². The van der Waals surface area contributed by atoms with Crippen LogP contribution in [0.25, 0.3) is 11.3 Å². The average molecular weight is 563 g/mol. The summed E-state index contributed by atoms with van der Waals surface area (Å²) in [5.74, 6) is 0.437. The number of nitrogens with zero attached hydrogens (tertiary/aromatic N) is 5. The Hall–Kier alpha value is -4.45. The van der Waals surface area contributed by atoms with Crippen LogP contribution in [0, 0.1) is 20.8 Å². The molecule has 0 bridgehead atoms. The van der Waals surface area contributed by atoms with Gasteiger partial charge in [0, 0.05) is 24.9 Å². The van der Waals surface area contributed by atoms with E-state index in [2.05, 4.69) is 19.8 Å². The third kappa shape index (κ3) is 5.48. The van der Waals surface area contributed by atoms with Gasteiger partial charge in [-0.3, -0.25) is 9.48 Å². The standard InChI is InChI=1S/C28H30N6O5S/c1-17-9-10-22(24(11-17)38-5)27(35)34-14-20(15-34)39-25-12-23(26-18(2)7-6-8-19(26)3)30-28(31-25)32-40(36,37)21-13-29-33(4)16-21/h6-13,16,20H,14-15H2,1-5H3,(H,30,31,32). The number of hydrogen-bond acceptors (Lipinski definition) is 8. The van der Waals surface area contributed by atoms with E-state index in [0.717, 1.165) is 22.3 Å². The number of anilines is 1. The first-order valence-corrected chi connectivity index (χ1v) is 14.1. The molecule has 1 saturated heterocycles. The number of amides is 1. The molecule has 1 aliphatic rings. The Morgan fingerprint density at radius 2 is 1.77 bits per heavy atom. The Morgan fingerprint density at radius 1 is 1.05 bits per heavy atom. The van der Waals surface area contributed by atoms with Gasteiger partial charge in [-0.15, -0.1) is 0 Å². The maximum atomic E-state index is 13.1. The lowest BCUT2D eigenvalue weighted by atomic mass is 10.00. The number of likely N-dealkylation sites (tertiary alicyclic amines) is 1. The molecule has 2 aromatic heterocycles. The molecular weight excluding hydrogens is 532 g/mol. The van der Waals surface area contributed by atoms with Crippen LogP contribution < -0.4 is 14.2 Å². The molecule has 1 fully saturated rings. The van der Waals surface area contributed by atoms with E-state index < -0.39 is 10.0 Å². The third-order valence-corrected chi connectivity index (χ3v) is 7.95. The van der Waals surface area contributed by atoms with E-state index >= 15 is 0 Å². The molecule has 4 aromatic rings. The molecule has 2 aromatic carbocycles. The summed E-state index contributed by atoms with van der Waals surface area (Å²) in [6.45, 7) is 6.53. The lowest BCUT2D eigenvalue weighted by molar-refractivity contribution is 0.0158. The van der Waals surface area contributed by atoms with E-state index in [1.807, 2.05) is 51.1 Å². The maximum Gasteiger partial charge on any atom is 0.267 e. The number of ether oxygens (including phenoxy) is 2. The highest BCUT2D eigenvalue weighted by atomic mass is 32.2. The zero-order chi connectivity index (χ0) is 28.6. The Kier molecular flexibility index (Phi) is 7.19. The second-order valence-electron chi connectivity index (χ2n) is 9.79. The molecule has 1 aliphatic heterocycles. The van der Waals surface area contributed by atoms with Crippen LogP contribution in [0.2, 0.25) is 0 Å². The summed E-state index contributed by atoms with van der Waals surface area (Å²) in [7, 11) is -0.820. The van der Waals surface area contributed by atoms with Crippen LogP contribution in [0.4, 0.5) is 5.95 Å². The van der Waals surface area contributed by atoms with Crippen molar-refractivity contribution in [1.29, 1.82) is 0 Å². The number of sulfonamides is 1. The van der Waals surface area contributed by atoms with Crippen molar-refractivity contribution in [3.63, 3.8) is 0 Å². The summed E-state index contributed by atoms with van der Waals surface area (Å²) in [5.41, 5.74) is 4.79. The van der Waals surface area contributed by atoms with E-state index in [1.165, 1.54) is 24.2 Å². The van der Waals surface area contributed by atoms with Gasteiger partial charge < -0.3 is 14.4 Å². The van der Waals surface area contributed by atoms with Gasteiger partial charge in [-0.25, -0.2) is 18.1 Å². The van der Waals surface area contributed by atoms with Gasteiger partial charge in [0.05, 0.1) is 37.7 Å². The van der Waals surface area contributed by atoms with Crippen molar-refractivity contribution >= 4 is 21.9 Å². The summed E-state index contributed by atoms with van der Waals surface area (Å²) in [4.78, 5) is 23.6. The lowest BCUT2D eigenvalue weighted by Gasteiger charge is -2.38. The van der Waals surface area contributed by atoms with Crippen molar-refractivity contribution in [2.45, 2.75) is 31.8 Å². The minimum atomic E-state index is -3.99. The zero-order valence-corrected chi connectivity index (χ0v) is 23.7. The Balaban J connectivity index is 1.40. The van der Waals surface area contributed by atoms with Crippen molar-refractivity contribution in [3.8, 4) is 22.9 Å². The zero-order valence-electron chi connectivity index (χ0n) is 22.9.